The van der Waals surface area contributed by atoms with Crippen molar-refractivity contribution in [1.29, 1.82) is 0 Å². The molecule has 2 aromatic rings. The van der Waals surface area contributed by atoms with E-state index in [1.54, 1.807) is 42.5 Å². The smallest absolute Gasteiger partial charge is 0.255 e. The topological polar surface area (TPSA) is 81.4 Å². The fraction of sp³-hybridized carbons (Fsp3) is 0.111. The summed E-state index contributed by atoms with van der Waals surface area (Å²) in [6, 6.07) is 14.3. The molecule has 0 aromatic heterocycles. The van der Waals surface area contributed by atoms with Crippen LogP contribution in [0.25, 0.3) is 6.08 Å². The van der Waals surface area contributed by atoms with Gasteiger partial charge in [0.1, 0.15) is 5.75 Å². The molecule has 0 unspecified atom stereocenters. The Morgan fingerprint density at radius 3 is 2.58 bits per heavy atom. The SMILES string of the molecule is NC(=O)COc1ccc(/C=C/C(=O)NCc2cccc(Cl)c2)cc1. The second-order valence-electron chi connectivity index (χ2n) is 5.01. The van der Waals surface area contributed by atoms with E-state index in [2.05, 4.69) is 5.32 Å². The highest BCUT2D eigenvalue weighted by atomic mass is 35.5. The van der Waals surface area contributed by atoms with Crippen molar-refractivity contribution in [2.75, 3.05) is 6.61 Å². The predicted molar refractivity (Wildman–Crippen MR) is 93.5 cm³/mol. The number of primary amides is 1. The molecule has 0 spiro atoms. The number of ether oxygens (including phenoxy) is 1. The molecule has 0 saturated carbocycles. The van der Waals surface area contributed by atoms with Crippen LogP contribution in [0.5, 0.6) is 5.75 Å². The lowest BCUT2D eigenvalue weighted by Crippen LogP contribution is -2.20. The summed E-state index contributed by atoms with van der Waals surface area (Å²) in [6.45, 7) is 0.241. The zero-order valence-corrected chi connectivity index (χ0v) is 13.6. The Morgan fingerprint density at radius 1 is 1.17 bits per heavy atom. The predicted octanol–water partition coefficient (Wildman–Crippen LogP) is 2.53. The summed E-state index contributed by atoms with van der Waals surface area (Å²) in [6.07, 6.45) is 3.13. The van der Waals surface area contributed by atoms with Crippen LogP contribution in [0.15, 0.2) is 54.6 Å². The number of carbonyl (C=O) groups excluding carboxylic acids is 2. The molecule has 124 valence electrons. The van der Waals surface area contributed by atoms with Crippen molar-refractivity contribution in [2.45, 2.75) is 6.54 Å². The zero-order valence-electron chi connectivity index (χ0n) is 12.9. The molecule has 5 nitrogen and oxygen atoms in total. The molecule has 0 saturated heterocycles. The molecule has 24 heavy (non-hydrogen) atoms. The van der Waals surface area contributed by atoms with Crippen molar-refractivity contribution < 1.29 is 14.3 Å². The fourth-order valence-electron chi connectivity index (χ4n) is 1.90. The van der Waals surface area contributed by atoms with Crippen LogP contribution in [-0.4, -0.2) is 18.4 Å². The average molecular weight is 345 g/mol. The first-order chi connectivity index (χ1) is 11.5. The number of halogens is 1. The quantitative estimate of drug-likeness (QED) is 0.757. The minimum Gasteiger partial charge on any atom is -0.484 e. The van der Waals surface area contributed by atoms with Crippen molar-refractivity contribution >= 4 is 29.5 Å². The molecule has 2 rings (SSSR count). The maximum Gasteiger partial charge on any atom is 0.255 e. The van der Waals surface area contributed by atoms with Crippen LogP contribution >= 0.6 is 11.6 Å². The second-order valence-corrected chi connectivity index (χ2v) is 5.44. The van der Waals surface area contributed by atoms with E-state index in [1.165, 1.54) is 6.08 Å². The fourth-order valence-corrected chi connectivity index (χ4v) is 2.11. The third kappa shape index (κ3) is 6.14. The Balaban J connectivity index is 1.83. The lowest BCUT2D eigenvalue weighted by atomic mass is 10.2. The summed E-state index contributed by atoms with van der Waals surface area (Å²) >= 11 is 5.89. The van der Waals surface area contributed by atoms with Crippen LogP contribution in [0.4, 0.5) is 0 Å². The Bertz CT molecular complexity index is 742. The number of hydrogen-bond acceptors (Lipinski definition) is 3. The Labute approximate surface area is 145 Å². The first kappa shape index (κ1) is 17.6. The van der Waals surface area contributed by atoms with Crippen LogP contribution in [0, 0.1) is 0 Å². The van der Waals surface area contributed by atoms with E-state index < -0.39 is 5.91 Å². The number of rotatable bonds is 7. The summed E-state index contributed by atoms with van der Waals surface area (Å²) in [5.74, 6) is -0.198. The molecule has 0 fully saturated rings. The summed E-state index contributed by atoms with van der Waals surface area (Å²) < 4.78 is 5.16. The van der Waals surface area contributed by atoms with Crippen molar-refractivity contribution in [3.05, 3.63) is 70.8 Å². The number of hydrogen-bond donors (Lipinski definition) is 2. The number of nitrogens with one attached hydrogen (secondary N) is 1. The normalized spacial score (nSPS) is 10.5. The zero-order chi connectivity index (χ0) is 17.4. The average Bonchev–Trinajstić information content (AvgIpc) is 2.57. The molecule has 0 radical (unpaired) electrons. The molecule has 3 N–H and O–H groups in total. The highest BCUT2D eigenvalue weighted by Gasteiger charge is 1.99. The molecule has 6 heteroatoms. The Morgan fingerprint density at radius 2 is 1.92 bits per heavy atom. The lowest BCUT2D eigenvalue weighted by Gasteiger charge is -2.04. The van der Waals surface area contributed by atoms with Crippen molar-refractivity contribution in [3.8, 4) is 5.75 Å². The van der Waals surface area contributed by atoms with E-state index in [-0.39, 0.29) is 12.5 Å². The molecule has 0 heterocycles. The van der Waals surface area contributed by atoms with E-state index >= 15 is 0 Å². The molecule has 0 bridgehead atoms. The highest BCUT2D eigenvalue weighted by molar-refractivity contribution is 6.30. The monoisotopic (exact) mass is 344 g/mol. The molecule has 2 amide bonds. The van der Waals surface area contributed by atoms with Crippen LogP contribution in [-0.2, 0) is 16.1 Å². The highest BCUT2D eigenvalue weighted by Crippen LogP contribution is 2.13. The maximum atomic E-state index is 11.8. The molecule has 0 atom stereocenters. The number of nitrogens with two attached hydrogens (primary N) is 1. The largest absolute Gasteiger partial charge is 0.484 e. The van der Waals surface area contributed by atoms with E-state index in [1.807, 2.05) is 12.1 Å². The van der Waals surface area contributed by atoms with Crippen LogP contribution in [0.1, 0.15) is 11.1 Å². The summed E-state index contributed by atoms with van der Waals surface area (Å²) in [5.41, 5.74) is 6.77. The molecule has 0 aliphatic carbocycles. The Hall–Kier alpha value is -2.79. The van der Waals surface area contributed by atoms with Crippen molar-refractivity contribution in [1.82, 2.24) is 5.32 Å². The molecule has 0 aliphatic rings. The van der Waals surface area contributed by atoms with Gasteiger partial charge in [-0.3, -0.25) is 9.59 Å². The standard InChI is InChI=1S/C18H17ClN2O3/c19-15-3-1-2-14(10-15)11-21-18(23)9-6-13-4-7-16(8-5-13)24-12-17(20)22/h1-10H,11-12H2,(H2,20,22)(H,21,23)/b9-6+. The maximum absolute atomic E-state index is 11.8. The third-order valence-corrected chi connectivity index (χ3v) is 3.28. The second kappa shape index (κ2) is 8.74. The first-order valence-electron chi connectivity index (χ1n) is 7.24. The van der Waals surface area contributed by atoms with Crippen molar-refractivity contribution in [3.63, 3.8) is 0 Å². The van der Waals surface area contributed by atoms with Gasteiger partial charge in [0.15, 0.2) is 6.61 Å². The molecular weight excluding hydrogens is 328 g/mol. The first-order valence-corrected chi connectivity index (χ1v) is 7.62. The van der Waals surface area contributed by atoms with Gasteiger partial charge in [-0.15, -0.1) is 0 Å². The van der Waals surface area contributed by atoms with Gasteiger partial charge in [-0.1, -0.05) is 35.9 Å². The van der Waals surface area contributed by atoms with Crippen LogP contribution in [0.3, 0.4) is 0 Å². The molecular formula is C18H17ClN2O3. The van der Waals surface area contributed by atoms with E-state index in [0.29, 0.717) is 17.3 Å². The summed E-state index contributed by atoms with van der Waals surface area (Å²) in [7, 11) is 0. The third-order valence-electron chi connectivity index (χ3n) is 3.04. The van der Waals surface area contributed by atoms with Gasteiger partial charge in [-0.25, -0.2) is 0 Å². The summed E-state index contributed by atoms with van der Waals surface area (Å²) in [4.78, 5) is 22.4. The van der Waals surface area contributed by atoms with Crippen LogP contribution < -0.4 is 15.8 Å². The van der Waals surface area contributed by atoms with E-state index in [0.717, 1.165) is 11.1 Å². The number of amides is 2. The van der Waals surface area contributed by atoms with Gasteiger partial charge in [0, 0.05) is 17.6 Å². The van der Waals surface area contributed by atoms with E-state index in [9.17, 15) is 9.59 Å². The van der Waals surface area contributed by atoms with E-state index in [4.69, 9.17) is 22.1 Å². The van der Waals surface area contributed by atoms with Gasteiger partial charge in [-0.2, -0.15) is 0 Å². The lowest BCUT2D eigenvalue weighted by molar-refractivity contribution is -0.120. The molecule has 0 aliphatic heterocycles. The van der Waals surface area contributed by atoms with Crippen molar-refractivity contribution in [2.24, 2.45) is 5.73 Å². The van der Waals surface area contributed by atoms with Crippen LogP contribution in [0.2, 0.25) is 5.02 Å². The van der Waals surface area contributed by atoms with Gasteiger partial charge < -0.3 is 15.8 Å². The number of benzene rings is 2. The Kier molecular flexibility index (Phi) is 6.40. The minimum atomic E-state index is -0.532. The minimum absolute atomic E-state index is 0.166. The number of carbonyl (C=O) groups is 2. The van der Waals surface area contributed by atoms with Gasteiger partial charge in [0.05, 0.1) is 0 Å². The van der Waals surface area contributed by atoms with Gasteiger partial charge in [0.2, 0.25) is 5.91 Å². The van der Waals surface area contributed by atoms with Gasteiger partial charge >= 0.3 is 0 Å². The van der Waals surface area contributed by atoms with Gasteiger partial charge in [0.25, 0.3) is 5.91 Å². The van der Waals surface area contributed by atoms with Gasteiger partial charge in [-0.05, 0) is 41.5 Å². The molecule has 2 aromatic carbocycles. The summed E-state index contributed by atoms with van der Waals surface area (Å²) in [5, 5.41) is 3.42.